The van der Waals surface area contributed by atoms with Crippen molar-refractivity contribution in [2.45, 2.75) is 32.2 Å². The molecule has 1 saturated carbocycles. The van der Waals surface area contributed by atoms with Crippen LogP contribution in [0.15, 0.2) is 18.7 Å². The van der Waals surface area contributed by atoms with Gasteiger partial charge in [-0.15, -0.1) is 0 Å². The molecule has 1 aromatic rings. The molecule has 0 aromatic carbocycles. The van der Waals surface area contributed by atoms with Crippen LogP contribution in [-0.4, -0.2) is 28.5 Å². The molecule has 1 amide bonds. The number of hydrogen-bond acceptors (Lipinski definition) is 3. The summed E-state index contributed by atoms with van der Waals surface area (Å²) in [5.41, 5.74) is 5.74. The van der Waals surface area contributed by atoms with Gasteiger partial charge in [-0.05, 0) is 25.3 Å². The average molecular weight is 250 g/mol. The zero-order chi connectivity index (χ0) is 12.8. The lowest BCUT2D eigenvalue weighted by Crippen LogP contribution is -2.40. The summed E-state index contributed by atoms with van der Waals surface area (Å²) in [5.74, 6) is 0.656. The third kappa shape index (κ3) is 3.32. The first-order chi connectivity index (χ1) is 8.81. The van der Waals surface area contributed by atoms with Gasteiger partial charge in [-0.2, -0.15) is 0 Å². The van der Waals surface area contributed by atoms with E-state index in [4.69, 9.17) is 5.73 Å². The maximum Gasteiger partial charge on any atom is 0.223 e. The number of rotatable bonds is 5. The minimum Gasteiger partial charge on any atom is -0.354 e. The first-order valence-electron chi connectivity index (χ1n) is 6.75. The molecule has 0 saturated heterocycles. The van der Waals surface area contributed by atoms with Crippen molar-refractivity contribution in [3.05, 3.63) is 18.7 Å². The monoisotopic (exact) mass is 250 g/mol. The molecule has 1 fully saturated rings. The Balaban J connectivity index is 1.76. The van der Waals surface area contributed by atoms with Crippen LogP contribution in [0.5, 0.6) is 0 Å². The molecule has 0 spiro atoms. The van der Waals surface area contributed by atoms with E-state index >= 15 is 0 Å². The van der Waals surface area contributed by atoms with E-state index in [0.29, 0.717) is 19.0 Å². The van der Waals surface area contributed by atoms with Crippen LogP contribution in [0.25, 0.3) is 0 Å². The van der Waals surface area contributed by atoms with E-state index in [0.717, 1.165) is 25.8 Å². The minimum absolute atomic E-state index is 0.117. The van der Waals surface area contributed by atoms with Crippen LogP contribution in [0.1, 0.15) is 25.7 Å². The van der Waals surface area contributed by atoms with Crippen molar-refractivity contribution in [1.82, 2.24) is 14.9 Å². The van der Waals surface area contributed by atoms with Crippen molar-refractivity contribution in [2.75, 3.05) is 13.1 Å². The van der Waals surface area contributed by atoms with Gasteiger partial charge in [0.2, 0.25) is 5.91 Å². The van der Waals surface area contributed by atoms with Gasteiger partial charge in [0.15, 0.2) is 0 Å². The van der Waals surface area contributed by atoms with E-state index in [-0.39, 0.29) is 11.8 Å². The van der Waals surface area contributed by atoms with Crippen LogP contribution in [0.2, 0.25) is 0 Å². The Kier molecular flexibility index (Phi) is 4.75. The number of imidazole rings is 1. The summed E-state index contributed by atoms with van der Waals surface area (Å²) in [4.78, 5) is 16.1. The predicted molar refractivity (Wildman–Crippen MR) is 69.7 cm³/mol. The molecule has 0 radical (unpaired) electrons. The Morgan fingerprint density at radius 1 is 1.44 bits per heavy atom. The fourth-order valence-electron chi connectivity index (χ4n) is 2.69. The first kappa shape index (κ1) is 13.1. The van der Waals surface area contributed by atoms with Crippen LogP contribution in [-0.2, 0) is 11.3 Å². The summed E-state index contributed by atoms with van der Waals surface area (Å²) in [6.07, 6.45) is 9.84. The molecular weight excluding hydrogens is 228 g/mol. The summed E-state index contributed by atoms with van der Waals surface area (Å²) >= 11 is 0. The smallest absolute Gasteiger partial charge is 0.223 e. The van der Waals surface area contributed by atoms with E-state index < -0.39 is 0 Å². The molecule has 1 heterocycles. The summed E-state index contributed by atoms with van der Waals surface area (Å²) in [6.45, 7) is 2.05. The molecule has 2 rings (SSSR count). The number of hydrogen-bond donors (Lipinski definition) is 2. The Hall–Kier alpha value is -1.36. The number of carbonyl (C=O) groups excluding carboxylic acids is 1. The second kappa shape index (κ2) is 6.54. The molecular formula is C13H22N4O. The number of carbonyl (C=O) groups is 1. The highest BCUT2D eigenvalue weighted by molar-refractivity contribution is 5.79. The van der Waals surface area contributed by atoms with Crippen molar-refractivity contribution in [1.29, 1.82) is 0 Å². The quantitative estimate of drug-likeness (QED) is 0.810. The summed E-state index contributed by atoms with van der Waals surface area (Å²) in [7, 11) is 0. The van der Waals surface area contributed by atoms with Gasteiger partial charge in [-0.1, -0.05) is 12.8 Å². The second-order valence-corrected chi connectivity index (χ2v) is 4.98. The maximum absolute atomic E-state index is 12.1. The zero-order valence-corrected chi connectivity index (χ0v) is 10.7. The molecule has 18 heavy (non-hydrogen) atoms. The zero-order valence-electron chi connectivity index (χ0n) is 10.7. The third-order valence-corrected chi connectivity index (χ3v) is 3.78. The Labute approximate surface area is 108 Å². The molecule has 5 nitrogen and oxygen atoms in total. The van der Waals surface area contributed by atoms with Crippen LogP contribution in [0.4, 0.5) is 0 Å². The summed E-state index contributed by atoms with van der Waals surface area (Å²) in [5, 5.41) is 3.01. The van der Waals surface area contributed by atoms with Crippen molar-refractivity contribution < 1.29 is 4.79 Å². The summed E-state index contributed by atoms with van der Waals surface area (Å²) < 4.78 is 1.96. The topological polar surface area (TPSA) is 72.9 Å². The van der Waals surface area contributed by atoms with Crippen molar-refractivity contribution >= 4 is 5.91 Å². The van der Waals surface area contributed by atoms with Crippen LogP contribution < -0.4 is 11.1 Å². The molecule has 1 aliphatic rings. The number of nitrogens with one attached hydrogen (secondary N) is 1. The van der Waals surface area contributed by atoms with Gasteiger partial charge in [-0.25, -0.2) is 4.98 Å². The molecule has 5 heteroatoms. The number of nitrogens with two attached hydrogens (primary N) is 1. The van der Waals surface area contributed by atoms with Crippen LogP contribution >= 0.6 is 0 Å². The van der Waals surface area contributed by atoms with Gasteiger partial charge in [-0.3, -0.25) is 4.79 Å². The average Bonchev–Trinajstić information content (AvgIpc) is 2.91. The first-order valence-corrected chi connectivity index (χ1v) is 6.75. The largest absolute Gasteiger partial charge is 0.354 e. The highest BCUT2D eigenvalue weighted by Crippen LogP contribution is 2.29. The van der Waals surface area contributed by atoms with Crippen molar-refractivity contribution in [2.24, 2.45) is 17.6 Å². The fraction of sp³-hybridized carbons (Fsp3) is 0.692. The SMILES string of the molecule is NCC1CCCCC1C(=O)NCCn1ccnc1. The Bertz CT molecular complexity index is 363. The molecule has 1 aromatic heterocycles. The van der Waals surface area contributed by atoms with Crippen molar-refractivity contribution in [3.8, 4) is 0 Å². The van der Waals surface area contributed by atoms with E-state index in [2.05, 4.69) is 10.3 Å². The van der Waals surface area contributed by atoms with E-state index in [1.54, 1.807) is 12.5 Å². The predicted octanol–water partition coefficient (Wildman–Crippen LogP) is 0.764. The van der Waals surface area contributed by atoms with Gasteiger partial charge >= 0.3 is 0 Å². The van der Waals surface area contributed by atoms with Gasteiger partial charge in [0.05, 0.1) is 6.33 Å². The fourth-order valence-corrected chi connectivity index (χ4v) is 2.69. The highest BCUT2D eigenvalue weighted by atomic mass is 16.1. The van der Waals surface area contributed by atoms with Gasteiger partial charge in [0.25, 0.3) is 0 Å². The van der Waals surface area contributed by atoms with Gasteiger partial charge in [0.1, 0.15) is 0 Å². The molecule has 100 valence electrons. The number of nitrogens with zero attached hydrogens (tertiary/aromatic N) is 2. The maximum atomic E-state index is 12.1. The molecule has 2 unspecified atom stereocenters. The van der Waals surface area contributed by atoms with Gasteiger partial charge in [0, 0.05) is 31.4 Å². The number of amides is 1. The molecule has 0 aliphatic heterocycles. The molecule has 2 atom stereocenters. The minimum atomic E-state index is 0.117. The normalized spacial score (nSPS) is 23.8. The van der Waals surface area contributed by atoms with E-state index in [1.807, 2.05) is 10.8 Å². The second-order valence-electron chi connectivity index (χ2n) is 4.98. The number of aromatic nitrogens is 2. The Morgan fingerprint density at radius 3 is 3.00 bits per heavy atom. The standard InChI is InChI=1S/C13H22N4O/c14-9-11-3-1-2-4-12(11)13(18)16-6-8-17-7-5-15-10-17/h5,7,10-12H,1-4,6,8-9,14H2,(H,16,18). The lowest BCUT2D eigenvalue weighted by molar-refractivity contribution is -0.127. The van der Waals surface area contributed by atoms with Gasteiger partial charge < -0.3 is 15.6 Å². The highest BCUT2D eigenvalue weighted by Gasteiger charge is 2.29. The lowest BCUT2D eigenvalue weighted by atomic mass is 9.79. The van der Waals surface area contributed by atoms with Crippen LogP contribution in [0, 0.1) is 11.8 Å². The molecule has 0 bridgehead atoms. The van der Waals surface area contributed by atoms with Crippen LogP contribution in [0.3, 0.4) is 0 Å². The lowest BCUT2D eigenvalue weighted by Gasteiger charge is -2.29. The van der Waals surface area contributed by atoms with E-state index in [9.17, 15) is 4.79 Å². The van der Waals surface area contributed by atoms with E-state index in [1.165, 1.54) is 6.42 Å². The summed E-state index contributed by atoms with van der Waals surface area (Å²) in [6, 6.07) is 0. The van der Waals surface area contributed by atoms with Crippen molar-refractivity contribution in [3.63, 3.8) is 0 Å². The molecule has 3 N–H and O–H groups in total. The molecule has 1 aliphatic carbocycles. The third-order valence-electron chi connectivity index (χ3n) is 3.78. The Morgan fingerprint density at radius 2 is 2.28 bits per heavy atom.